The van der Waals surface area contributed by atoms with Crippen molar-refractivity contribution >= 4 is 17.8 Å². The Labute approximate surface area is 151 Å². The summed E-state index contributed by atoms with van der Waals surface area (Å²) in [5, 5.41) is 14.9. The first kappa shape index (κ1) is 17.8. The SMILES string of the molecule is O=C(O)CC1C(=O)NCCN1Cc1cnc(NCc2ccccc2)nc1. The molecule has 1 amide bonds. The molecular weight excluding hydrogens is 334 g/mol. The van der Waals surface area contributed by atoms with E-state index in [-0.39, 0.29) is 12.3 Å². The third-order valence-corrected chi connectivity index (χ3v) is 4.19. The van der Waals surface area contributed by atoms with Gasteiger partial charge in [-0.05, 0) is 5.56 Å². The lowest BCUT2D eigenvalue weighted by atomic mass is 10.1. The molecule has 1 aromatic carbocycles. The summed E-state index contributed by atoms with van der Waals surface area (Å²) in [5.41, 5.74) is 1.97. The number of carbonyl (C=O) groups excluding carboxylic acids is 1. The first-order valence-corrected chi connectivity index (χ1v) is 8.44. The maximum Gasteiger partial charge on any atom is 0.305 e. The molecule has 1 atom stereocenters. The first-order valence-electron chi connectivity index (χ1n) is 8.44. The summed E-state index contributed by atoms with van der Waals surface area (Å²) in [6.07, 6.45) is 3.18. The van der Waals surface area contributed by atoms with Gasteiger partial charge in [0.25, 0.3) is 0 Å². The van der Waals surface area contributed by atoms with Crippen LogP contribution < -0.4 is 10.6 Å². The number of carbonyl (C=O) groups is 2. The van der Waals surface area contributed by atoms with Crippen molar-refractivity contribution in [3.05, 3.63) is 53.9 Å². The molecule has 0 bridgehead atoms. The zero-order chi connectivity index (χ0) is 18.4. The van der Waals surface area contributed by atoms with Gasteiger partial charge in [-0.3, -0.25) is 14.5 Å². The van der Waals surface area contributed by atoms with Crippen molar-refractivity contribution < 1.29 is 14.7 Å². The monoisotopic (exact) mass is 355 g/mol. The number of hydrogen-bond donors (Lipinski definition) is 3. The fourth-order valence-electron chi connectivity index (χ4n) is 2.88. The van der Waals surface area contributed by atoms with Crippen LogP contribution in [0.2, 0.25) is 0 Å². The number of aliphatic carboxylic acids is 1. The van der Waals surface area contributed by atoms with Crippen LogP contribution >= 0.6 is 0 Å². The molecule has 3 rings (SSSR count). The van der Waals surface area contributed by atoms with Crippen LogP contribution in [0.4, 0.5) is 5.95 Å². The summed E-state index contributed by atoms with van der Waals surface area (Å²) < 4.78 is 0. The molecule has 26 heavy (non-hydrogen) atoms. The number of amides is 1. The van der Waals surface area contributed by atoms with Gasteiger partial charge >= 0.3 is 5.97 Å². The maximum atomic E-state index is 11.9. The largest absolute Gasteiger partial charge is 0.481 e. The van der Waals surface area contributed by atoms with E-state index in [9.17, 15) is 9.59 Å². The van der Waals surface area contributed by atoms with Gasteiger partial charge < -0.3 is 15.7 Å². The van der Waals surface area contributed by atoms with Crippen molar-refractivity contribution in [2.75, 3.05) is 18.4 Å². The molecule has 8 nitrogen and oxygen atoms in total. The molecule has 1 fully saturated rings. The highest BCUT2D eigenvalue weighted by Crippen LogP contribution is 2.14. The predicted molar refractivity (Wildman–Crippen MR) is 95.3 cm³/mol. The minimum atomic E-state index is -0.992. The summed E-state index contributed by atoms with van der Waals surface area (Å²) in [6.45, 7) is 2.17. The first-order chi connectivity index (χ1) is 12.6. The zero-order valence-corrected chi connectivity index (χ0v) is 14.3. The number of nitrogens with zero attached hydrogens (tertiary/aromatic N) is 3. The Morgan fingerprint density at radius 2 is 1.96 bits per heavy atom. The minimum absolute atomic E-state index is 0.219. The van der Waals surface area contributed by atoms with Crippen molar-refractivity contribution in [3.63, 3.8) is 0 Å². The smallest absolute Gasteiger partial charge is 0.305 e. The van der Waals surface area contributed by atoms with E-state index in [1.54, 1.807) is 12.4 Å². The summed E-state index contributed by atoms with van der Waals surface area (Å²) >= 11 is 0. The molecule has 1 aliphatic rings. The van der Waals surface area contributed by atoms with Crippen molar-refractivity contribution in [2.24, 2.45) is 0 Å². The van der Waals surface area contributed by atoms with E-state index in [2.05, 4.69) is 20.6 Å². The lowest BCUT2D eigenvalue weighted by Crippen LogP contribution is -2.55. The highest BCUT2D eigenvalue weighted by molar-refractivity contribution is 5.86. The summed E-state index contributed by atoms with van der Waals surface area (Å²) in [4.78, 5) is 33.4. The van der Waals surface area contributed by atoms with Gasteiger partial charge in [-0.1, -0.05) is 30.3 Å². The Morgan fingerprint density at radius 1 is 1.23 bits per heavy atom. The molecule has 8 heteroatoms. The second-order valence-electron chi connectivity index (χ2n) is 6.13. The lowest BCUT2D eigenvalue weighted by Gasteiger charge is -2.34. The highest BCUT2D eigenvalue weighted by Gasteiger charge is 2.31. The second-order valence-corrected chi connectivity index (χ2v) is 6.13. The number of aromatic nitrogens is 2. The number of hydrogen-bond acceptors (Lipinski definition) is 6. The van der Waals surface area contributed by atoms with Gasteiger partial charge in [0.05, 0.1) is 6.42 Å². The Balaban J connectivity index is 1.59. The molecule has 0 spiro atoms. The van der Waals surface area contributed by atoms with E-state index in [0.29, 0.717) is 32.1 Å². The summed E-state index contributed by atoms with van der Waals surface area (Å²) in [6, 6.07) is 9.29. The van der Waals surface area contributed by atoms with E-state index < -0.39 is 12.0 Å². The van der Waals surface area contributed by atoms with Crippen LogP contribution in [0.5, 0.6) is 0 Å². The number of benzene rings is 1. The van der Waals surface area contributed by atoms with Crippen LogP contribution in [0.15, 0.2) is 42.7 Å². The van der Waals surface area contributed by atoms with Crippen molar-refractivity contribution in [1.29, 1.82) is 0 Å². The standard InChI is InChI=1S/C18H21N5O3/c24-16(25)8-15-17(26)19-6-7-23(15)12-14-10-21-18(22-11-14)20-9-13-4-2-1-3-5-13/h1-5,10-11,15H,6-9,12H2,(H,19,26)(H,24,25)(H,20,21,22). The Morgan fingerprint density at radius 3 is 2.65 bits per heavy atom. The molecular formula is C18H21N5O3. The number of carboxylic acids is 1. The average molecular weight is 355 g/mol. The molecule has 0 radical (unpaired) electrons. The Hall–Kier alpha value is -3.00. The molecule has 0 saturated carbocycles. The minimum Gasteiger partial charge on any atom is -0.481 e. The van der Waals surface area contributed by atoms with E-state index in [1.165, 1.54) is 0 Å². The molecule has 1 unspecified atom stereocenters. The fourth-order valence-corrected chi connectivity index (χ4v) is 2.88. The normalized spacial score (nSPS) is 17.5. The van der Waals surface area contributed by atoms with E-state index in [4.69, 9.17) is 5.11 Å². The van der Waals surface area contributed by atoms with Gasteiger partial charge in [0.15, 0.2) is 0 Å². The van der Waals surface area contributed by atoms with Gasteiger partial charge in [0.2, 0.25) is 11.9 Å². The van der Waals surface area contributed by atoms with Crippen LogP contribution in [0, 0.1) is 0 Å². The molecule has 1 aliphatic heterocycles. The fraction of sp³-hybridized carbons (Fsp3) is 0.333. The number of carboxylic acid groups (broad SMARTS) is 1. The molecule has 2 aromatic rings. The molecule has 3 N–H and O–H groups in total. The third-order valence-electron chi connectivity index (χ3n) is 4.19. The molecule has 1 saturated heterocycles. The van der Waals surface area contributed by atoms with Gasteiger partial charge in [-0.25, -0.2) is 9.97 Å². The molecule has 0 aliphatic carbocycles. The average Bonchev–Trinajstić information content (AvgIpc) is 2.65. The van der Waals surface area contributed by atoms with E-state index >= 15 is 0 Å². The summed E-state index contributed by atoms with van der Waals surface area (Å²) in [7, 11) is 0. The van der Waals surface area contributed by atoms with E-state index in [0.717, 1.165) is 11.1 Å². The second kappa shape index (κ2) is 8.39. The number of nitrogens with one attached hydrogen (secondary N) is 2. The van der Waals surface area contributed by atoms with Crippen molar-refractivity contribution in [2.45, 2.75) is 25.6 Å². The predicted octanol–water partition coefficient (Wildman–Crippen LogP) is 0.864. The third kappa shape index (κ3) is 4.76. The van der Waals surface area contributed by atoms with E-state index in [1.807, 2.05) is 35.2 Å². The Kier molecular flexibility index (Phi) is 5.75. The van der Waals surface area contributed by atoms with Crippen molar-refractivity contribution in [1.82, 2.24) is 20.2 Å². The number of piperazine rings is 1. The summed E-state index contributed by atoms with van der Waals surface area (Å²) in [5.74, 6) is -0.717. The molecule has 1 aromatic heterocycles. The van der Waals surface area contributed by atoms with Gasteiger partial charge in [0, 0.05) is 44.1 Å². The van der Waals surface area contributed by atoms with Gasteiger partial charge in [-0.15, -0.1) is 0 Å². The molecule has 2 heterocycles. The lowest BCUT2D eigenvalue weighted by molar-refractivity contribution is -0.143. The zero-order valence-electron chi connectivity index (χ0n) is 14.3. The van der Waals surface area contributed by atoms with Gasteiger partial charge in [-0.2, -0.15) is 0 Å². The number of rotatable bonds is 7. The van der Waals surface area contributed by atoms with Crippen LogP contribution in [0.1, 0.15) is 17.5 Å². The van der Waals surface area contributed by atoms with Crippen molar-refractivity contribution in [3.8, 4) is 0 Å². The topological polar surface area (TPSA) is 107 Å². The van der Waals surface area contributed by atoms with Crippen LogP contribution in [-0.4, -0.2) is 51.0 Å². The number of anilines is 1. The Bertz CT molecular complexity index is 751. The van der Waals surface area contributed by atoms with Crippen LogP contribution in [-0.2, 0) is 22.7 Å². The maximum absolute atomic E-state index is 11.9. The van der Waals surface area contributed by atoms with Gasteiger partial charge in [0.1, 0.15) is 6.04 Å². The molecule has 136 valence electrons. The quantitative estimate of drug-likeness (QED) is 0.676. The highest BCUT2D eigenvalue weighted by atomic mass is 16.4. The van der Waals surface area contributed by atoms with Crippen LogP contribution in [0.3, 0.4) is 0 Å². The van der Waals surface area contributed by atoms with Crippen LogP contribution in [0.25, 0.3) is 0 Å².